The topological polar surface area (TPSA) is 12.0 Å². The van der Waals surface area contributed by atoms with Crippen LogP contribution < -0.4 is 5.32 Å². The van der Waals surface area contributed by atoms with Crippen LogP contribution >= 0.6 is 33.9 Å². The molecular weight excluding hydrogens is 329 g/mol. The van der Waals surface area contributed by atoms with E-state index < -0.39 is 0 Å². The van der Waals surface area contributed by atoms with Crippen LogP contribution in [0.15, 0.2) is 41.8 Å². The Labute approximate surface area is 114 Å². The van der Waals surface area contributed by atoms with Crippen molar-refractivity contribution in [1.29, 1.82) is 0 Å². The molecule has 0 fully saturated rings. The second-order valence-electron chi connectivity index (χ2n) is 3.74. The molecule has 1 heterocycles. The quantitative estimate of drug-likeness (QED) is 0.821. The fourth-order valence-electron chi connectivity index (χ4n) is 1.51. The first-order chi connectivity index (χ1) is 7.75. The average Bonchev–Trinajstić information content (AvgIpc) is 2.81. The highest BCUT2D eigenvalue weighted by molar-refractivity contribution is 14.1. The average molecular weight is 343 g/mol. The summed E-state index contributed by atoms with van der Waals surface area (Å²) in [4.78, 5) is 1.39. The van der Waals surface area contributed by atoms with E-state index in [1.54, 1.807) is 11.3 Å². The van der Waals surface area contributed by atoms with E-state index in [1.807, 2.05) is 0 Å². The zero-order chi connectivity index (χ0) is 11.4. The van der Waals surface area contributed by atoms with Gasteiger partial charge in [-0.25, -0.2) is 0 Å². The minimum Gasteiger partial charge on any atom is -0.305 e. The lowest BCUT2D eigenvalue weighted by Gasteiger charge is -2.12. The third kappa shape index (κ3) is 3.30. The van der Waals surface area contributed by atoms with E-state index in [1.165, 1.54) is 14.0 Å². The van der Waals surface area contributed by atoms with Gasteiger partial charge in [0, 0.05) is 21.0 Å². The Balaban J connectivity index is 1.90. The molecule has 0 radical (unpaired) electrons. The predicted molar refractivity (Wildman–Crippen MR) is 78.7 cm³/mol. The summed E-state index contributed by atoms with van der Waals surface area (Å²) in [6, 6.07) is 13.4. The molecule has 0 amide bonds. The molecule has 0 spiro atoms. The number of hydrogen-bond acceptors (Lipinski definition) is 2. The summed E-state index contributed by atoms with van der Waals surface area (Å²) < 4.78 is 1.28. The van der Waals surface area contributed by atoms with Crippen LogP contribution in [-0.4, -0.2) is 0 Å². The largest absolute Gasteiger partial charge is 0.305 e. The summed E-state index contributed by atoms with van der Waals surface area (Å²) in [5.74, 6) is 0. The van der Waals surface area contributed by atoms with Crippen molar-refractivity contribution >= 4 is 33.9 Å². The van der Waals surface area contributed by atoms with Crippen LogP contribution in [0.2, 0.25) is 0 Å². The molecule has 2 rings (SSSR count). The van der Waals surface area contributed by atoms with Gasteiger partial charge in [0.25, 0.3) is 0 Å². The lowest BCUT2D eigenvalue weighted by Crippen LogP contribution is -2.16. The maximum Gasteiger partial charge on any atom is 0.0388 e. The second-order valence-corrected chi connectivity index (χ2v) is 5.97. The zero-order valence-electron chi connectivity index (χ0n) is 9.11. The molecular formula is C13H14INS. The Morgan fingerprint density at radius 3 is 2.62 bits per heavy atom. The predicted octanol–water partition coefficient (Wildman–Crippen LogP) is 4.20. The molecule has 0 aliphatic rings. The third-order valence-corrected chi connectivity index (χ3v) is 4.27. The molecule has 0 saturated heterocycles. The van der Waals surface area contributed by atoms with Gasteiger partial charge in [0.15, 0.2) is 0 Å². The number of nitrogens with one attached hydrogen (secondary N) is 1. The monoisotopic (exact) mass is 343 g/mol. The first kappa shape index (κ1) is 12.1. The van der Waals surface area contributed by atoms with Gasteiger partial charge in [-0.05, 0) is 58.7 Å². The summed E-state index contributed by atoms with van der Waals surface area (Å²) in [7, 11) is 0. The summed E-state index contributed by atoms with van der Waals surface area (Å²) in [5.41, 5.74) is 1.34. The van der Waals surface area contributed by atoms with Crippen molar-refractivity contribution in [3.63, 3.8) is 0 Å². The summed E-state index contributed by atoms with van der Waals surface area (Å²) in [6.07, 6.45) is 0. The Kier molecular flexibility index (Phi) is 4.37. The van der Waals surface area contributed by atoms with Crippen molar-refractivity contribution in [2.24, 2.45) is 0 Å². The van der Waals surface area contributed by atoms with Gasteiger partial charge in [-0.2, -0.15) is 0 Å². The van der Waals surface area contributed by atoms with Crippen molar-refractivity contribution in [2.75, 3.05) is 0 Å². The smallest absolute Gasteiger partial charge is 0.0388 e. The Morgan fingerprint density at radius 1 is 1.25 bits per heavy atom. The van der Waals surface area contributed by atoms with E-state index in [9.17, 15) is 0 Å². The molecule has 84 valence electrons. The van der Waals surface area contributed by atoms with Gasteiger partial charge in [0.1, 0.15) is 0 Å². The Morgan fingerprint density at radius 2 is 2.00 bits per heavy atom. The highest BCUT2D eigenvalue weighted by Gasteiger charge is 2.04. The van der Waals surface area contributed by atoms with E-state index in [0.29, 0.717) is 6.04 Å². The highest BCUT2D eigenvalue weighted by Crippen LogP contribution is 2.18. The fourth-order valence-corrected chi connectivity index (χ4v) is 2.63. The molecule has 0 saturated carbocycles. The standard InChI is InChI=1S/C13H14INS/c1-10(13-3-2-8-16-13)15-9-11-4-6-12(14)7-5-11/h2-8,10,15H,9H2,1H3. The lowest BCUT2D eigenvalue weighted by molar-refractivity contribution is 0.583. The van der Waals surface area contributed by atoms with Crippen LogP contribution in [0.5, 0.6) is 0 Å². The van der Waals surface area contributed by atoms with E-state index in [2.05, 4.69) is 76.6 Å². The van der Waals surface area contributed by atoms with Gasteiger partial charge in [-0.3, -0.25) is 0 Å². The van der Waals surface area contributed by atoms with Crippen LogP contribution in [0.4, 0.5) is 0 Å². The van der Waals surface area contributed by atoms with Crippen LogP contribution in [-0.2, 0) is 6.54 Å². The number of rotatable bonds is 4. The molecule has 2 aromatic rings. The van der Waals surface area contributed by atoms with Gasteiger partial charge in [-0.1, -0.05) is 18.2 Å². The number of hydrogen-bond donors (Lipinski definition) is 1. The SMILES string of the molecule is CC(NCc1ccc(I)cc1)c1cccs1. The lowest BCUT2D eigenvalue weighted by atomic mass is 10.2. The molecule has 1 aromatic heterocycles. The Bertz CT molecular complexity index is 422. The maximum atomic E-state index is 3.53. The molecule has 1 unspecified atom stereocenters. The summed E-state index contributed by atoms with van der Waals surface area (Å²) >= 11 is 4.13. The normalized spacial score (nSPS) is 12.6. The van der Waals surface area contributed by atoms with E-state index in [0.717, 1.165) is 6.54 Å². The molecule has 1 N–H and O–H groups in total. The maximum absolute atomic E-state index is 3.53. The molecule has 0 aliphatic heterocycles. The first-order valence-electron chi connectivity index (χ1n) is 5.27. The third-order valence-electron chi connectivity index (χ3n) is 2.50. The van der Waals surface area contributed by atoms with Gasteiger partial charge >= 0.3 is 0 Å². The van der Waals surface area contributed by atoms with Crippen molar-refractivity contribution < 1.29 is 0 Å². The molecule has 0 aliphatic carbocycles. The van der Waals surface area contributed by atoms with Crippen molar-refractivity contribution in [1.82, 2.24) is 5.32 Å². The van der Waals surface area contributed by atoms with E-state index in [4.69, 9.17) is 0 Å². The molecule has 1 aromatic carbocycles. The minimum atomic E-state index is 0.430. The number of benzene rings is 1. The highest BCUT2D eigenvalue weighted by atomic mass is 127. The van der Waals surface area contributed by atoms with Crippen molar-refractivity contribution in [3.05, 3.63) is 55.8 Å². The van der Waals surface area contributed by atoms with E-state index in [-0.39, 0.29) is 0 Å². The Hall–Kier alpha value is -0.390. The zero-order valence-corrected chi connectivity index (χ0v) is 12.1. The molecule has 16 heavy (non-hydrogen) atoms. The van der Waals surface area contributed by atoms with Crippen LogP contribution in [0.25, 0.3) is 0 Å². The molecule has 1 nitrogen and oxygen atoms in total. The number of thiophene rings is 1. The van der Waals surface area contributed by atoms with Gasteiger partial charge in [-0.15, -0.1) is 11.3 Å². The van der Waals surface area contributed by atoms with Crippen molar-refractivity contribution in [3.8, 4) is 0 Å². The van der Waals surface area contributed by atoms with Crippen LogP contribution in [0.1, 0.15) is 23.4 Å². The number of halogens is 1. The van der Waals surface area contributed by atoms with Crippen molar-refractivity contribution in [2.45, 2.75) is 19.5 Å². The second kappa shape index (κ2) is 5.80. The van der Waals surface area contributed by atoms with Crippen LogP contribution in [0, 0.1) is 3.57 Å². The minimum absolute atomic E-state index is 0.430. The van der Waals surface area contributed by atoms with Gasteiger partial charge < -0.3 is 5.32 Å². The molecule has 3 heteroatoms. The van der Waals surface area contributed by atoms with Gasteiger partial charge in [0.2, 0.25) is 0 Å². The molecule has 1 atom stereocenters. The van der Waals surface area contributed by atoms with E-state index >= 15 is 0 Å². The summed E-state index contributed by atoms with van der Waals surface area (Å²) in [5, 5.41) is 5.65. The fraction of sp³-hybridized carbons (Fsp3) is 0.231. The summed E-state index contributed by atoms with van der Waals surface area (Å²) in [6.45, 7) is 3.13. The first-order valence-corrected chi connectivity index (χ1v) is 7.23. The van der Waals surface area contributed by atoms with Crippen LogP contribution in [0.3, 0.4) is 0 Å². The molecule has 0 bridgehead atoms. The van der Waals surface area contributed by atoms with Gasteiger partial charge in [0.05, 0.1) is 0 Å².